The van der Waals surface area contributed by atoms with Crippen LogP contribution in [0.5, 0.6) is 0 Å². The highest BCUT2D eigenvalue weighted by Gasteiger charge is 2.46. The van der Waals surface area contributed by atoms with Crippen LogP contribution in [0.4, 0.5) is 8.78 Å². The second-order valence-corrected chi connectivity index (χ2v) is 11.3. The average molecular weight is 539 g/mol. The van der Waals surface area contributed by atoms with Crippen LogP contribution < -0.4 is 0 Å². The van der Waals surface area contributed by atoms with E-state index in [0.29, 0.717) is 12.3 Å². The van der Waals surface area contributed by atoms with Gasteiger partial charge in [0.15, 0.2) is 5.79 Å². The lowest BCUT2D eigenvalue weighted by Crippen LogP contribution is -2.45. The van der Waals surface area contributed by atoms with Gasteiger partial charge in [0.2, 0.25) is 0 Å². The molecule has 2 aliphatic rings. The minimum Gasteiger partial charge on any atom is -0.342 e. The van der Waals surface area contributed by atoms with Gasteiger partial charge in [-0.1, -0.05) is 86.1 Å². The van der Waals surface area contributed by atoms with Crippen molar-refractivity contribution < 1.29 is 18.3 Å². The van der Waals surface area contributed by atoms with E-state index < -0.39 is 5.79 Å². The fraction of sp³-hybridized carbons (Fsp3) is 0.333. The van der Waals surface area contributed by atoms with E-state index >= 15 is 0 Å². The largest absolute Gasteiger partial charge is 0.342 e. The maximum Gasteiger partial charge on any atom is 0.169 e. The van der Waals surface area contributed by atoms with Gasteiger partial charge in [0, 0.05) is 19.3 Å². The Bertz CT molecular complexity index is 1330. The highest BCUT2D eigenvalue weighted by atomic mass is 19.1. The van der Waals surface area contributed by atoms with E-state index in [0.717, 1.165) is 49.7 Å². The van der Waals surface area contributed by atoms with E-state index in [-0.39, 0.29) is 23.8 Å². The van der Waals surface area contributed by atoms with E-state index in [1.807, 2.05) is 0 Å². The summed E-state index contributed by atoms with van der Waals surface area (Å²) in [5.74, 6) is -0.803. The van der Waals surface area contributed by atoms with Gasteiger partial charge in [-0.15, -0.1) is 0 Å². The van der Waals surface area contributed by atoms with Crippen LogP contribution in [0.15, 0.2) is 97.1 Å². The van der Waals surface area contributed by atoms with Gasteiger partial charge in [0.25, 0.3) is 0 Å². The molecule has 1 aliphatic heterocycles. The highest BCUT2D eigenvalue weighted by molar-refractivity contribution is 5.64. The van der Waals surface area contributed by atoms with E-state index in [1.165, 1.54) is 46.5 Å². The van der Waals surface area contributed by atoms with Crippen LogP contribution in [0.25, 0.3) is 11.1 Å². The number of halogens is 2. The van der Waals surface area contributed by atoms with Crippen molar-refractivity contribution in [1.29, 1.82) is 0 Å². The molecule has 2 nitrogen and oxygen atoms in total. The SMILES string of the molecule is CCCc1ccc(-c2ccc(C3CCC4(CC3)OC(c3ccc(F)cc3)CC(c3ccc(F)cc3)O4)cc2)cc1. The summed E-state index contributed by atoms with van der Waals surface area (Å²) in [5.41, 5.74) is 7.10. The molecule has 1 spiro atoms. The van der Waals surface area contributed by atoms with Gasteiger partial charge in [-0.3, -0.25) is 0 Å². The third-order valence-corrected chi connectivity index (χ3v) is 8.58. The predicted octanol–water partition coefficient (Wildman–Crippen LogP) is 9.86. The molecule has 40 heavy (non-hydrogen) atoms. The van der Waals surface area contributed by atoms with Crippen LogP contribution >= 0.6 is 0 Å². The molecule has 4 aromatic carbocycles. The van der Waals surface area contributed by atoms with Gasteiger partial charge < -0.3 is 9.47 Å². The molecular weight excluding hydrogens is 502 g/mol. The lowest BCUT2D eigenvalue weighted by atomic mass is 9.79. The van der Waals surface area contributed by atoms with Gasteiger partial charge >= 0.3 is 0 Å². The van der Waals surface area contributed by atoms with Gasteiger partial charge in [0.05, 0.1) is 12.2 Å². The van der Waals surface area contributed by atoms with E-state index in [2.05, 4.69) is 55.5 Å². The molecule has 0 aromatic heterocycles. The van der Waals surface area contributed by atoms with Crippen molar-refractivity contribution >= 4 is 0 Å². The van der Waals surface area contributed by atoms with Gasteiger partial charge in [-0.2, -0.15) is 0 Å². The standard InChI is InChI=1S/C36H36F2O2/c1-2-3-25-4-6-26(7-5-25)27-8-10-28(11-9-27)29-20-22-36(23-21-29)39-34(30-12-16-32(37)17-13-30)24-35(40-36)31-14-18-33(38)19-15-31/h4-19,29,34-35H,2-3,20-24H2,1H3. The Labute approximate surface area is 236 Å². The normalized spacial score (nSPS) is 24.7. The third-order valence-electron chi connectivity index (χ3n) is 8.58. The van der Waals surface area contributed by atoms with Crippen molar-refractivity contribution in [1.82, 2.24) is 0 Å². The molecule has 1 aliphatic carbocycles. The summed E-state index contributed by atoms with van der Waals surface area (Å²) in [7, 11) is 0. The molecule has 1 heterocycles. The van der Waals surface area contributed by atoms with Crippen LogP contribution in [0.3, 0.4) is 0 Å². The number of ether oxygens (including phenoxy) is 2. The summed E-state index contributed by atoms with van der Waals surface area (Å²) < 4.78 is 40.7. The van der Waals surface area contributed by atoms with E-state index in [4.69, 9.17) is 9.47 Å². The molecular formula is C36H36F2O2. The smallest absolute Gasteiger partial charge is 0.169 e. The summed E-state index contributed by atoms with van der Waals surface area (Å²) >= 11 is 0. The monoisotopic (exact) mass is 538 g/mol. The average Bonchev–Trinajstić information content (AvgIpc) is 2.99. The Hall–Kier alpha value is -3.34. The quantitative estimate of drug-likeness (QED) is 0.243. The van der Waals surface area contributed by atoms with E-state index in [1.54, 1.807) is 24.3 Å². The number of hydrogen-bond acceptors (Lipinski definition) is 2. The fourth-order valence-corrected chi connectivity index (χ4v) is 6.33. The first-order valence-electron chi connectivity index (χ1n) is 14.6. The lowest BCUT2D eigenvalue weighted by molar-refractivity contribution is -0.334. The molecule has 2 fully saturated rings. The predicted molar refractivity (Wildman–Crippen MR) is 155 cm³/mol. The molecule has 2 unspecified atom stereocenters. The van der Waals surface area contributed by atoms with Crippen LogP contribution in [-0.4, -0.2) is 5.79 Å². The molecule has 0 amide bonds. The van der Waals surface area contributed by atoms with Crippen LogP contribution in [0, 0.1) is 11.6 Å². The Morgan fingerprint density at radius 3 is 1.55 bits per heavy atom. The molecule has 4 aromatic rings. The zero-order valence-electron chi connectivity index (χ0n) is 23.0. The molecule has 4 heteroatoms. The molecule has 2 atom stereocenters. The number of hydrogen-bond donors (Lipinski definition) is 0. The van der Waals surface area contributed by atoms with Gasteiger partial charge in [-0.25, -0.2) is 8.78 Å². The fourth-order valence-electron chi connectivity index (χ4n) is 6.33. The van der Waals surface area contributed by atoms with Gasteiger partial charge in [0.1, 0.15) is 11.6 Å². The second kappa shape index (κ2) is 11.6. The van der Waals surface area contributed by atoms with Crippen LogP contribution in [-0.2, 0) is 15.9 Å². The minimum atomic E-state index is -0.715. The van der Waals surface area contributed by atoms with Crippen molar-refractivity contribution in [3.63, 3.8) is 0 Å². The third kappa shape index (κ3) is 5.89. The van der Waals surface area contributed by atoms with Crippen LogP contribution in [0.1, 0.15) is 85.8 Å². The Kier molecular flexibility index (Phi) is 7.82. The minimum absolute atomic E-state index is 0.219. The van der Waals surface area contributed by atoms with Crippen molar-refractivity contribution in [3.8, 4) is 11.1 Å². The maximum atomic E-state index is 13.7. The Balaban J connectivity index is 1.17. The summed E-state index contributed by atoms with van der Waals surface area (Å²) in [5, 5.41) is 0. The molecule has 0 N–H and O–H groups in total. The summed E-state index contributed by atoms with van der Waals surface area (Å²) in [6.07, 6.45) is 5.89. The van der Waals surface area contributed by atoms with Crippen LogP contribution in [0.2, 0.25) is 0 Å². The topological polar surface area (TPSA) is 18.5 Å². The van der Waals surface area contributed by atoms with Crippen molar-refractivity contribution in [2.75, 3.05) is 0 Å². The summed E-state index contributed by atoms with van der Waals surface area (Å²) in [4.78, 5) is 0. The van der Waals surface area contributed by atoms with Crippen molar-refractivity contribution in [2.24, 2.45) is 0 Å². The Morgan fingerprint density at radius 1 is 0.625 bits per heavy atom. The van der Waals surface area contributed by atoms with Crippen molar-refractivity contribution in [3.05, 3.63) is 131 Å². The van der Waals surface area contributed by atoms with Crippen molar-refractivity contribution in [2.45, 2.75) is 75.8 Å². The number of aryl methyl sites for hydroxylation is 1. The molecule has 6 rings (SSSR count). The highest BCUT2D eigenvalue weighted by Crippen LogP contribution is 2.50. The first-order valence-corrected chi connectivity index (χ1v) is 14.6. The summed E-state index contributed by atoms with van der Waals surface area (Å²) in [6, 6.07) is 31.0. The Morgan fingerprint density at radius 2 is 1.07 bits per heavy atom. The number of benzene rings is 4. The van der Waals surface area contributed by atoms with E-state index in [9.17, 15) is 8.78 Å². The molecule has 1 saturated carbocycles. The first kappa shape index (κ1) is 26.9. The summed E-state index contributed by atoms with van der Waals surface area (Å²) in [6.45, 7) is 2.21. The second-order valence-electron chi connectivity index (χ2n) is 11.3. The van der Waals surface area contributed by atoms with Gasteiger partial charge in [-0.05, 0) is 82.8 Å². The molecule has 206 valence electrons. The lowest BCUT2D eigenvalue weighted by Gasteiger charge is -2.48. The zero-order chi connectivity index (χ0) is 27.5. The first-order chi connectivity index (χ1) is 19.5. The maximum absolute atomic E-state index is 13.7. The molecule has 0 radical (unpaired) electrons. The molecule has 1 saturated heterocycles. The number of rotatable bonds is 6. The zero-order valence-corrected chi connectivity index (χ0v) is 23.0. The molecule has 0 bridgehead atoms.